The molecule has 18 heavy (non-hydrogen) atoms. The molecule has 0 aliphatic heterocycles. The minimum absolute atomic E-state index is 0.0511. The molecule has 0 heterocycles. The Morgan fingerprint density at radius 2 is 1.39 bits per heavy atom. The number of carboxylic acid groups (broad SMARTS) is 1. The van der Waals surface area contributed by atoms with E-state index in [1.807, 2.05) is 0 Å². The largest absolute Gasteiger partial charge is 0.478 e. The van der Waals surface area contributed by atoms with Crippen LogP contribution in [0.15, 0.2) is 12.2 Å². The van der Waals surface area contributed by atoms with Gasteiger partial charge in [-0.2, -0.15) is 26.3 Å². The quantitative estimate of drug-likeness (QED) is 0.488. The van der Waals surface area contributed by atoms with Crippen LogP contribution in [0.2, 0.25) is 0 Å². The molecule has 0 rings (SSSR count). The summed E-state index contributed by atoms with van der Waals surface area (Å²) < 4.78 is 76.6. The zero-order valence-corrected chi connectivity index (χ0v) is 8.59. The summed E-state index contributed by atoms with van der Waals surface area (Å²) in [5.41, 5.74) is -4.71. The van der Waals surface area contributed by atoms with Crippen LogP contribution in [0.1, 0.15) is 6.92 Å². The standard InChI is InChI=1S/C8H6F6O4/c1-6(7(9,10)11,8(12,13)14)18-5(17)3-2-4(15)16/h2-3H,1H3,(H,15,16)/b3-2+. The Hall–Kier alpha value is -1.74. The molecule has 10 heteroatoms. The topological polar surface area (TPSA) is 63.6 Å². The molecule has 0 fully saturated rings. The van der Waals surface area contributed by atoms with Crippen molar-refractivity contribution >= 4 is 11.9 Å². The van der Waals surface area contributed by atoms with Crippen LogP contribution in [0.25, 0.3) is 0 Å². The van der Waals surface area contributed by atoms with Gasteiger partial charge in [-0.25, -0.2) is 9.59 Å². The number of hydrogen-bond donors (Lipinski definition) is 1. The number of ether oxygens (including phenoxy) is 1. The van der Waals surface area contributed by atoms with Gasteiger partial charge in [0.1, 0.15) is 0 Å². The first-order chi connectivity index (χ1) is 7.81. The normalized spacial score (nSPS) is 13.7. The molecule has 0 aliphatic rings. The number of alkyl halides is 6. The zero-order chi connectivity index (χ0) is 14.8. The summed E-state index contributed by atoms with van der Waals surface area (Å²) in [7, 11) is 0. The molecule has 104 valence electrons. The Labute approximate surface area is 95.8 Å². The van der Waals surface area contributed by atoms with E-state index in [9.17, 15) is 35.9 Å². The van der Waals surface area contributed by atoms with E-state index in [2.05, 4.69) is 4.74 Å². The number of hydrogen-bond acceptors (Lipinski definition) is 3. The highest BCUT2D eigenvalue weighted by Gasteiger charge is 2.71. The SMILES string of the molecule is CC(OC(=O)/C=C/C(=O)O)(C(F)(F)F)C(F)(F)F. The summed E-state index contributed by atoms with van der Waals surface area (Å²) in [4.78, 5) is 20.6. The minimum atomic E-state index is -5.89. The first-order valence-electron chi connectivity index (χ1n) is 4.08. The number of carbonyl (C=O) groups is 2. The van der Waals surface area contributed by atoms with Gasteiger partial charge in [0.05, 0.1) is 0 Å². The second-order valence-corrected chi connectivity index (χ2v) is 3.12. The number of carbonyl (C=O) groups excluding carboxylic acids is 1. The van der Waals surface area contributed by atoms with Gasteiger partial charge in [0.2, 0.25) is 0 Å². The highest BCUT2D eigenvalue weighted by Crippen LogP contribution is 2.45. The Bertz CT molecular complexity index is 353. The molecule has 0 amide bonds. The van der Waals surface area contributed by atoms with E-state index in [4.69, 9.17) is 5.11 Å². The van der Waals surface area contributed by atoms with Crippen LogP contribution in [0.4, 0.5) is 26.3 Å². The predicted octanol–water partition coefficient (Wildman–Crippen LogP) is 2.05. The number of halogens is 6. The maximum absolute atomic E-state index is 12.2. The highest BCUT2D eigenvalue weighted by atomic mass is 19.4. The van der Waals surface area contributed by atoms with E-state index >= 15 is 0 Å². The Morgan fingerprint density at radius 1 is 1.00 bits per heavy atom. The molecule has 0 aromatic carbocycles. The van der Waals surface area contributed by atoms with Crippen LogP contribution in [-0.4, -0.2) is 35.0 Å². The van der Waals surface area contributed by atoms with Gasteiger partial charge in [0, 0.05) is 12.2 Å². The predicted molar refractivity (Wildman–Crippen MR) is 43.4 cm³/mol. The van der Waals surface area contributed by atoms with Crippen molar-refractivity contribution in [2.45, 2.75) is 24.9 Å². The third kappa shape index (κ3) is 3.64. The molecule has 4 nitrogen and oxygen atoms in total. The molecule has 0 saturated heterocycles. The summed E-state index contributed by atoms with van der Waals surface area (Å²) >= 11 is 0. The van der Waals surface area contributed by atoms with Gasteiger partial charge in [0.25, 0.3) is 5.60 Å². The highest BCUT2D eigenvalue weighted by molar-refractivity contribution is 5.90. The average molecular weight is 280 g/mol. The van der Waals surface area contributed by atoms with Crippen LogP contribution in [0.5, 0.6) is 0 Å². The fourth-order valence-corrected chi connectivity index (χ4v) is 0.651. The average Bonchev–Trinajstić information content (AvgIpc) is 2.10. The van der Waals surface area contributed by atoms with Gasteiger partial charge in [-0.15, -0.1) is 0 Å². The van der Waals surface area contributed by atoms with E-state index in [0.29, 0.717) is 0 Å². The van der Waals surface area contributed by atoms with Gasteiger partial charge in [-0.05, 0) is 6.92 Å². The monoisotopic (exact) mass is 280 g/mol. The Balaban J connectivity index is 5.19. The van der Waals surface area contributed by atoms with Gasteiger partial charge in [-0.1, -0.05) is 0 Å². The fourth-order valence-electron chi connectivity index (χ4n) is 0.651. The van der Waals surface area contributed by atoms with Crippen molar-refractivity contribution in [1.82, 2.24) is 0 Å². The molecule has 0 spiro atoms. The Morgan fingerprint density at radius 3 is 1.67 bits per heavy atom. The second kappa shape index (κ2) is 4.86. The summed E-state index contributed by atoms with van der Waals surface area (Å²) in [6, 6.07) is 0. The van der Waals surface area contributed by atoms with Gasteiger partial charge in [0.15, 0.2) is 0 Å². The molecule has 0 saturated carbocycles. The van der Waals surface area contributed by atoms with E-state index in [1.54, 1.807) is 0 Å². The molecular formula is C8H6F6O4. The lowest BCUT2D eigenvalue weighted by atomic mass is 10.1. The fraction of sp³-hybridized carbons (Fsp3) is 0.500. The van der Waals surface area contributed by atoms with E-state index < -0.39 is 29.9 Å². The molecule has 0 aromatic heterocycles. The second-order valence-electron chi connectivity index (χ2n) is 3.12. The number of rotatable bonds is 3. The molecule has 0 radical (unpaired) electrons. The lowest BCUT2D eigenvalue weighted by Crippen LogP contribution is -2.57. The summed E-state index contributed by atoms with van der Waals surface area (Å²) in [6.45, 7) is -0.375. The van der Waals surface area contributed by atoms with Gasteiger partial charge >= 0.3 is 24.3 Å². The molecular weight excluding hydrogens is 274 g/mol. The van der Waals surface area contributed by atoms with Gasteiger partial charge < -0.3 is 9.84 Å². The number of carboxylic acids is 1. The maximum atomic E-state index is 12.2. The third-order valence-electron chi connectivity index (χ3n) is 1.75. The molecule has 0 atom stereocenters. The minimum Gasteiger partial charge on any atom is -0.478 e. The summed E-state index contributed by atoms with van der Waals surface area (Å²) in [6.07, 6.45) is -11.8. The van der Waals surface area contributed by atoms with E-state index in [1.165, 1.54) is 0 Å². The van der Waals surface area contributed by atoms with Crippen molar-refractivity contribution in [3.05, 3.63) is 12.2 Å². The maximum Gasteiger partial charge on any atom is 0.437 e. The smallest absolute Gasteiger partial charge is 0.437 e. The van der Waals surface area contributed by atoms with E-state index in [0.717, 1.165) is 0 Å². The first-order valence-corrected chi connectivity index (χ1v) is 4.08. The van der Waals surface area contributed by atoms with Crippen molar-refractivity contribution in [3.8, 4) is 0 Å². The molecule has 0 aliphatic carbocycles. The third-order valence-corrected chi connectivity index (χ3v) is 1.75. The first kappa shape index (κ1) is 16.3. The summed E-state index contributed by atoms with van der Waals surface area (Å²) in [5.74, 6) is -3.80. The van der Waals surface area contributed by atoms with Crippen LogP contribution >= 0.6 is 0 Å². The zero-order valence-electron chi connectivity index (χ0n) is 8.59. The number of aliphatic carboxylic acids is 1. The lowest BCUT2D eigenvalue weighted by molar-refractivity contribution is -0.361. The molecule has 1 N–H and O–H groups in total. The van der Waals surface area contributed by atoms with Crippen LogP contribution in [0, 0.1) is 0 Å². The molecule has 0 unspecified atom stereocenters. The van der Waals surface area contributed by atoms with Crippen molar-refractivity contribution < 1.29 is 45.8 Å². The molecule has 0 bridgehead atoms. The summed E-state index contributed by atoms with van der Waals surface area (Å²) in [5, 5.41) is 8.04. The van der Waals surface area contributed by atoms with Gasteiger partial charge in [-0.3, -0.25) is 0 Å². The van der Waals surface area contributed by atoms with Crippen LogP contribution < -0.4 is 0 Å². The molecule has 0 aromatic rings. The van der Waals surface area contributed by atoms with Crippen molar-refractivity contribution in [2.75, 3.05) is 0 Å². The van der Waals surface area contributed by atoms with Crippen LogP contribution in [0.3, 0.4) is 0 Å². The Kier molecular flexibility index (Phi) is 4.39. The van der Waals surface area contributed by atoms with Crippen molar-refractivity contribution in [3.63, 3.8) is 0 Å². The van der Waals surface area contributed by atoms with Crippen molar-refractivity contribution in [2.24, 2.45) is 0 Å². The lowest BCUT2D eigenvalue weighted by Gasteiger charge is -2.32. The van der Waals surface area contributed by atoms with Crippen LogP contribution in [-0.2, 0) is 14.3 Å². The van der Waals surface area contributed by atoms with Crippen molar-refractivity contribution in [1.29, 1.82) is 0 Å². The van der Waals surface area contributed by atoms with E-state index in [-0.39, 0.29) is 19.1 Å². The number of esters is 1.